The van der Waals surface area contributed by atoms with Gasteiger partial charge < -0.3 is 10.7 Å². The fourth-order valence-electron chi connectivity index (χ4n) is 1.62. The molecule has 2 rings (SSSR count). The summed E-state index contributed by atoms with van der Waals surface area (Å²) in [6.07, 6.45) is 2.99. The van der Waals surface area contributed by atoms with Crippen LogP contribution in [0.1, 0.15) is 24.9 Å². The van der Waals surface area contributed by atoms with Crippen molar-refractivity contribution in [3.63, 3.8) is 0 Å². The second-order valence-corrected chi connectivity index (χ2v) is 3.30. The quantitative estimate of drug-likeness (QED) is 0.722. The van der Waals surface area contributed by atoms with Gasteiger partial charge >= 0.3 is 0 Å². The highest BCUT2D eigenvalue weighted by Crippen LogP contribution is 2.23. The first-order valence-electron chi connectivity index (χ1n) is 4.64. The lowest BCUT2D eigenvalue weighted by Crippen LogP contribution is -2.07. The van der Waals surface area contributed by atoms with Gasteiger partial charge in [-0.05, 0) is 18.1 Å². The molecule has 2 aromatic rings. The molecular weight excluding hydrogens is 160 g/mol. The Kier molecular flexibility index (Phi) is 2.07. The van der Waals surface area contributed by atoms with Crippen molar-refractivity contribution in [2.75, 3.05) is 0 Å². The molecule has 0 aliphatic heterocycles. The number of aromatic amines is 1. The van der Waals surface area contributed by atoms with E-state index in [1.54, 1.807) is 0 Å². The third-order valence-electron chi connectivity index (χ3n) is 2.46. The summed E-state index contributed by atoms with van der Waals surface area (Å²) in [5.74, 6) is 0. The molecule has 1 aromatic carbocycles. The Morgan fingerprint density at radius 3 is 2.92 bits per heavy atom. The Bertz CT molecular complexity index is 403. The van der Waals surface area contributed by atoms with E-state index in [2.05, 4.69) is 24.0 Å². The molecule has 0 amide bonds. The first-order valence-corrected chi connectivity index (χ1v) is 4.64. The maximum absolute atomic E-state index is 5.98. The fraction of sp³-hybridized carbons (Fsp3) is 0.273. The Balaban J connectivity index is 2.57. The number of para-hydroxylation sites is 1. The third-order valence-corrected chi connectivity index (χ3v) is 2.46. The molecular formula is C11H14N2. The molecule has 3 N–H and O–H groups in total. The van der Waals surface area contributed by atoms with Gasteiger partial charge in [0, 0.05) is 23.1 Å². The van der Waals surface area contributed by atoms with E-state index in [1.165, 1.54) is 16.5 Å². The zero-order valence-corrected chi connectivity index (χ0v) is 7.75. The lowest BCUT2D eigenvalue weighted by Gasteiger charge is -2.06. The van der Waals surface area contributed by atoms with Crippen molar-refractivity contribution in [2.45, 2.75) is 19.4 Å². The van der Waals surface area contributed by atoms with E-state index in [4.69, 9.17) is 5.73 Å². The van der Waals surface area contributed by atoms with E-state index in [1.807, 2.05) is 18.3 Å². The van der Waals surface area contributed by atoms with E-state index >= 15 is 0 Å². The van der Waals surface area contributed by atoms with Crippen LogP contribution in [0.5, 0.6) is 0 Å². The second kappa shape index (κ2) is 3.23. The number of nitrogens with two attached hydrogens (primary N) is 1. The van der Waals surface area contributed by atoms with Crippen LogP contribution >= 0.6 is 0 Å². The molecule has 0 bridgehead atoms. The minimum atomic E-state index is 0.149. The Labute approximate surface area is 77.8 Å². The summed E-state index contributed by atoms with van der Waals surface area (Å²) in [4.78, 5) is 3.22. The fourth-order valence-corrected chi connectivity index (χ4v) is 1.62. The third kappa shape index (κ3) is 1.33. The van der Waals surface area contributed by atoms with Crippen LogP contribution in [0, 0.1) is 0 Å². The smallest absolute Gasteiger partial charge is 0.0457 e. The Morgan fingerprint density at radius 2 is 2.15 bits per heavy atom. The molecule has 0 saturated carbocycles. The van der Waals surface area contributed by atoms with Gasteiger partial charge in [0.25, 0.3) is 0 Å². The van der Waals surface area contributed by atoms with Gasteiger partial charge in [-0.2, -0.15) is 0 Å². The Hall–Kier alpha value is -1.28. The molecule has 0 unspecified atom stereocenters. The number of hydrogen-bond donors (Lipinski definition) is 2. The molecule has 0 fully saturated rings. The van der Waals surface area contributed by atoms with Gasteiger partial charge in [-0.25, -0.2) is 0 Å². The number of benzene rings is 1. The van der Waals surface area contributed by atoms with Gasteiger partial charge in [0.05, 0.1) is 0 Å². The minimum Gasteiger partial charge on any atom is -0.361 e. The molecule has 2 nitrogen and oxygen atoms in total. The minimum absolute atomic E-state index is 0.149. The van der Waals surface area contributed by atoms with Crippen LogP contribution in [0.15, 0.2) is 30.5 Å². The zero-order chi connectivity index (χ0) is 9.26. The van der Waals surface area contributed by atoms with Crippen LogP contribution in [-0.4, -0.2) is 4.98 Å². The van der Waals surface area contributed by atoms with E-state index < -0.39 is 0 Å². The summed E-state index contributed by atoms with van der Waals surface area (Å²) in [7, 11) is 0. The predicted octanol–water partition coefficient (Wildman–Crippen LogP) is 2.58. The number of hydrogen-bond acceptors (Lipinski definition) is 1. The Morgan fingerprint density at radius 1 is 1.38 bits per heavy atom. The van der Waals surface area contributed by atoms with Crippen molar-refractivity contribution in [1.29, 1.82) is 0 Å². The molecule has 0 spiro atoms. The van der Waals surface area contributed by atoms with E-state index in [9.17, 15) is 0 Å². The highest BCUT2D eigenvalue weighted by molar-refractivity contribution is 5.83. The highest BCUT2D eigenvalue weighted by atomic mass is 14.7. The van der Waals surface area contributed by atoms with Crippen molar-refractivity contribution in [3.8, 4) is 0 Å². The van der Waals surface area contributed by atoms with Crippen molar-refractivity contribution in [1.82, 2.24) is 4.98 Å². The predicted molar refractivity (Wildman–Crippen MR) is 55.5 cm³/mol. The number of nitrogens with one attached hydrogen (secondary N) is 1. The molecule has 0 aliphatic rings. The van der Waals surface area contributed by atoms with Crippen LogP contribution in [-0.2, 0) is 0 Å². The molecule has 1 heterocycles. The largest absolute Gasteiger partial charge is 0.361 e. The van der Waals surface area contributed by atoms with Crippen molar-refractivity contribution in [2.24, 2.45) is 5.73 Å². The van der Waals surface area contributed by atoms with Gasteiger partial charge in [-0.15, -0.1) is 0 Å². The molecule has 13 heavy (non-hydrogen) atoms. The van der Waals surface area contributed by atoms with Gasteiger partial charge in [0.1, 0.15) is 0 Å². The van der Waals surface area contributed by atoms with Gasteiger partial charge in [0.15, 0.2) is 0 Å². The summed E-state index contributed by atoms with van der Waals surface area (Å²) in [6.45, 7) is 2.10. The number of fused-ring (bicyclic) bond motifs is 1. The van der Waals surface area contributed by atoms with Gasteiger partial charge in [-0.3, -0.25) is 0 Å². The molecule has 1 atom stereocenters. The van der Waals surface area contributed by atoms with E-state index in [0.717, 1.165) is 6.42 Å². The number of rotatable bonds is 2. The lowest BCUT2D eigenvalue weighted by atomic mass is 10.1. The van der Waals surface area contributed by atoms with Crippen molar-refractivity contribution >= 4 is 10.9 Å². The molecule has 2 heteroatoms. The average molecular weight is 174 g/mol. The van der Waals surface area contributed by atoms with Crippen LogP contribution in [0.4, 0.5) is 0 Å². The topological polar surface area (TPSA) is 41.8 Å². The highest BCUT2D eigenvalue weighted by Gasteiger charge is 2.08. The van der Waals surface area contributed by atoms with Crippen LogP contribution in [0.3, 0.4) is 0 Å². The first-order chi connectivity index (χ1) is 6.33. The SMILES string of the molecule is CC[C@H](N)c1c[nH]c2ccccc12. The maximum atomic E-state index is 5.98. The van der Waals surface area contributed by atoms with Crippen molar-refractivity contribution < 1.29 is 0 Å². The normalized spacial score (nSPS) is 13.4. The van der Waals surface area contributed by atoms with E-state index in [-0.39, 0.29) is 6.04 Å². The summed E-state index contributed by atoms with van der Waals surface area (Å²) in [5.41, 5.74) is 8.37. The maximum Gasteiger partial charge on any atom is 0.0457 e. The molecule has 0 radical (unpaired) electrons. The van der Waals surface area contributed by atoms with Crippen LogP contribution in [0.25, 0.3) is 10.9 Å². The average Bonchev–Trinajstić information content (AvgIpc) is 2.60. The summed E-state index contributed by atoms with van der Waals surface area (Å²) >= 11 is 0. The molecule has 68 valence electrons. The monoisotopic (exact) mass is 174 g/mol. The number of H-pyrrole nitrogens is 1. The van der Waals surface area contributed by atoms with Crippen molar-refractivity contribution in [3.05, 3.63) is 36.0 Å². The first kappa shape index (κ1) is 8.32. The van der Waals surface area contributed by atoms with Crippen LogP contribution in [0.2, 0.25) is 0 Å². The second-order valence-electron chi connectivity index (χ2n) is 3.30. The van der Waals surface area contributed by atoms with E-state index in [0.29, 0.717) is 0 Å². The van der Waals surface area contributed by atoms with Gasteiger partial charge in [-0.1, -0.05) is 25.1 Å². The summed E-state index contributed by atoms with van der Waals surface area (Å²) < 4.78 is 0. The number of aromatic nitrogens is 1. The van der Waals surface area contributed by atoms with Crippen LogP contribution < -0.4 is 5.73 Å². The molecule has 0 saturated heterocycles. The lowest BCUT2D eigenvalue weighted by molar-refractivity contribution is 0.704. The van der Waals surface area contributed by atoms with Gasteiger partial charge in [0.2, 0.25) is 0 Å². The standard InChI is InChI=1S/C11H14N2/c1-2-10(12)9-7-13-11-6-4-3-5-8(9)11/h3-7,10,13H,2,12H2,1H3/t10-/m0/s1. The summed E-state index contributed by atoms with van der Waals surface area (Å²) in [5, 5.41) is 1.25. The molecule has 0 aliphatic carbocycles. The zero-order valence-electron chi connectivity index (χ0n) is 7.75. The molecule has 1 aromatic heterocycles. The summed E-state index contributed by atoms with van der Waals surface area (Å²) in [6, 6.07) is 8.40.